The monoisotopic (exact) mass is 608 g/mol. The van der Waals surface area contributed by atoms with E-state index in [4.69, 9.17) is 5.73 Å². The smallest absolute Gasteiger partial charge is 0.406 e. The first-order valence-corrected chi connectivity index (χ1v) is 12.6. The van der Waals surface area contributed by atoms with Crippen molar-refractivity contribution in [2.75, 3.05) is 10.7 Å². The molecule has 0 atom stereocenters. The number of anilines is 1. The summed E-state index contributed by atoms with van der Waals surface area (Å²) < 4.78 is 83.0. The van der Waals surface area contributed by atoms with Gasteiger partial charge < -0.3 is 15.2 Å². The fourth-order valence-corrected chi connectivity index (χ4v) is 4.19. The summed E-state index contributed by atoms with van der Waals surface area (Å²) in [4.78, 5) is 21.4. The zero-order chi connectivity index (χ0) is 30.3. The Labute approximate surface area is 238 Å². The molecular weight excluding hydrogens is 590 g/mol. The molecular formula is C26H18F6N6O3S. The van der Waals surface area contributed by atoms with Crippen molar-refractivity contribution in [3.8, 4) is 11.5 Å². The molecule has 0 radical (unpaired) electrons. The van der Waals surface area contributed by atoms with Crippen LogP contribution in [0.2, 0.25) is 0 Å². The van der Waals surface area contributed by atoms with Gasteiger partial charge in [-0.05, 0) is 42.0 Å². The number of para-hydroxylation sites is 2. The van der Waals surface area contributed by atoms with E-state index in [1.54, 1.807) is 24.3 Å². The SMILES string of the molecule is NC(=NC=Nc1ccc(OC(F)(F)F)cc1)c1ccc(/C=N/N=C2\SCC(=O)N2c2ccccc2OC(F)(F)F)cc1. The zero-order valence-corrected chi connectivity index (χ0v) is 21.8. The van der Waals surface area contributed by atoms with Crippen LogP contribution in [-0.2, 0) is 4.79 Å². The van der Waals surface area contributed by atoms with E-state index in [-0.39, 0.29) is 28.2 Å². The summed E-state index contributed by atoms with van der Waals surface area (Å²) in [5.41, 5.74) is 7.29. The van der Waals surface area contributed by atoms with Gasteiger partial charge in [-0.3, -0.25) is 9.69 Å². The van der Waals surface area contributed by atoms with Gasteiger partial charge in [0.1, 0.15) is 17.9 Å². The van der Waals surface area contributed by atoms with Crippen LogP contribution in [0.15, 0.2) is 93.0 Å². The number of rotatable bonds is 8. The highest BCUT2D eigenvalue weighted by molar-refractivity contribution is 8.15. The minimum absolute atomic E-state index is 0.0386. The van der Waals surface area contributed by atoms with E-state index in [1.165, 1.54) is 36.5 Å². The Balaban J connectivity index is 1.40. The average Bonchev–Trinajstić information content (AvgIpc) is 3.28. The van der Waals surface area contributed by atoms with Crippen molar-refractivity contribution < 1.29 is 40.6 Å². The van der Waals surface area contributed by atoms with E-state index in [0.29, 0.717) is 16.8 Å². The highest BCUT2D eigenvalue weighted by atomic mass is 32.2. The van der Waals surface area contributed by atoms with Crippen molar-refractivity contribution in [3.05, 3.63) is 83.9 Å². The Morgan fingerprint density at radius 3 is 2.24 bits per heavy atom. The summed E-state index contributed by atoms with van der Waals surface area (Å²) in [6.45, 7) is 0. The molecule has 2 N–H and O–H groups in total. The first-order valence-electron chi connectivity index (χ1n) is 11.6. The molecule has 218 valence electrons. The van der Waals surface area contributed by atoms with E-state index in [9.17, 15) is 31.1 Å². The van der Waals surface area contributed by atoms with Crippen LogP contribution < -0.4 is 20.1 Å². The predicted molar refractivity (Wildman–Crippen MR) is 147 cm³/mol. The van der Waals surface area contributed by atoms with Gasteiger partial charge in [0.2, 0.25) is 5.91 Å². The molecule has 0 unspecified atom stereocenters. The molecule has 1 aliphatic heterocycles. The number of hydrogen-bond acceptors (Lipinski definition) is 7. The number of hydrogen-bond donors (Lipinski definition) is 1. The fourth-order valence-electron chi connectivity index (χ4n) is 3.38. The van der Waals surface area contributed by atoms with Crippen LogP contribution >= 0.6 is 11.8 Å². The lowest BCUT2D eigenvalue weighted by atomic mass is 10.1. The summed E-state index contributed by atoms with van der Waals surface area (Å²) in [6, 6.07) is 16.6. The van der Waals surface area contributed by atoms with Crippen molar-refractivity contribution in [2.24, 2.45) is 25.9 Å². The van der Waals surface area contributed by atoms with Gasteiger partial charge in [0.05, 0.1) is 23.3 Å². The van der Waals surface area contributed by atoms with Crippen LogP contribution in [-0.4, -0.2) is 47.9 Å². The molecule has 42 heavy (non-hydrogen) atoms. The van der Waals surface area contributed by atoms with Crippen LogP contribution in [0.4, 0.5) is 37.7 Å². The lowest BCUT2D eigenvalue weighted by Gasteiger charge is -2.19. The van der Waals surface area contributed by atoms with E-state index in [0.717, 1.165) is 41.2 Å². The molecule has 4 rings (SSSR count). The molecule has 9 nitrogen and oxygen atoms in total. The van der Waals surface area contributed by atoms with Crippen LogP contribution in [0.5, 0.6) is 11.5 Å². The maximum atomic E-state index is 12.8. The Morgan fingerprint density at radius 1 is 0.905 bits per heavy atom. The number of halogens is 6. The van der Waals surface area contributed by atoms with Crippen molar-refractivity contribution in [2.45, 2.75) is 12.7 Å². The molecule has 0 aliphatic carbocycles. The quantitative estimate of drug-likeness (QED) is 0.145. The Morgan fingerprint density at radius 2 is 1.57 bits per heavy atom. The molecule has 3 aromatic carbocycles. The Bertz CT molecular complexity index is 1540. The number of nitrogens with zero attached hydrogens (tertiary/aromatic N) is 5. The highest BCUT2D eigenvalue weighted by Gasteiger charge is 2.36. The topological polar surface area (TPSA) is 114 Å². The molecule has 1 fully saturated rings. The van der Waals surface area contributed by atoms with Crippen LogP contribution in [0.1, 0.15) is 11.1 Å². The molecule has 3 aromatic rings. The maximum Gasteiger partial charge on any atom is 0.573 e. The number of thioether (sulfide) groups is 1. The minimum atomic E-state index is -4.95. The Hall–Kier alpha value is -4.86. The first kappa shape index (κ1) is 30.1. The predicted octanol–water partition coefficient (Wildman–Crippen LogP) is 6.02. The van der Waals surface area contributed by atoms with Crippen molar-refractivity contribution in [1.82, 2.24) is 0 Å². The van der Waals surface area contributed by atoms with Gasteiger partial charge in [0.15, 0.2) is 10.9 Å². The molecule has 0 spiro atoms. The number of amidine groups is 2. The number of alkyl halides is 6. The fraction of sp³-hybridized carbons (Fsp3) is 0.115. The van der Waals surface area contributed by atoms with Gasteiger partial charge in [-0.1, -0.05) is 48.2 Å². The van der Waals surface area contributed by atoms with E-state index < -0.39 is 24.4 Å². The number of nitrogens with two attached hydrogens (primary N) is 1. The minimum Gasteiger partial charge on any atom is -0.406 e. The molecule has 1 heterocycles. The number of ether oxygens (including phenoxy) is 2. The molecule has 1 aliphatic rings. The van der Waals surface area contributed by atoms with Crippen molar-refractivity contribution >= 4 is 52.6 Å². The van der Waals surface area contributed by atoms with Gasteiger partial charge in [0, 0.05) is 5.56 Å². The van der Waals surface area contributed by atoms with E-state index in [1.807, 2.05) is 0 Å². The molecule has 0 aromatic heterocycles. The molecule has 0 saturated carbocycles. The van der Waals surface area contributed by atoms with Gasteiger partial charge >= 0.3 is 12.7 Å². The van der Waals surface area contributed by atoms with Crippen molar-refractivity contribution in [3.63, 3.8) is 0 Å². The maximum absolute atomic E-state index is 12.8. The van der Waals surface area contributed by atoms with Crippen molar-refractivity contribution in [1.29, 1.82) is 0 Å². The number of carbonyl (C=O) groups is 1. The third kappa shape index (κ3) is 8.57. The van der Waals surface area contributed by atoms with Crippen LogP contribution in [0.25, 0.3) is 0 Å². The summed E-state index contributed by atoms with van der Waals surface area (Å²) >= 11 is 1.01. The highest BCUT2D eigenvalue weighted by Crippen LogP contribution is 2.36. The molecule has 1 amide bonds. The lowest BCUT2D eigenvalue weighted by molar-refractivity contribution is -0.275. The normalized spacial score (nSPS) is 15.8. The number of amides is 1. The molecule has 0 bridgehead atoms. The van der Waals surface area contributed by atoms with Crippen LogP contribution in [0, 0.1) is 0 Å². The molecule has 1 saturated heterocycles. The van der Waals surface area contributed by atoms with Gasteiger partial charge in [-0.2, -0.15) is 5.10 Å². The summed E-state index contributed by atoms with van der Waals surface area (Å²) in [6.07, 6.45) is -7.22. The number of benzene rings is 3. The Kier molecular flexibility index (Phi) is 9.15. The van der Waals surface area contributed by atoms with Gasteiger partial charge in [-0.15, -0.1) is 31.4 Å². The molecule has 16 heteroatoms. The summed E-state index contributed by atoms with van der Waals surface area (Å²) in [7, 11) is 0. The second-order valence-corrected chi connectivity index (χ2v) is 9.03. The van der Waals surface area contributed by atoms with E-state index >= 15 is 0 Å². The first-order chi connectivity index (χ1) is 19.9. The summed E-state index contributed by atoms with van der Waals surface area (Å²) in [5.74, 6) is -1.35. The number of aliphatic imine (C=N–C) groups is 2. The second-order valence-electron chi connectivity index (χ2n) is 8.08. The average molecular weight is 609 g/mol. The summed E-state index contributed by atoms with van der Waals surface area (Å²) in [5, 5.41) is 8.03. The van der Waals surface area contributed by atoms with Gasteiger partial charge in [-0.25, -0.2) is 9.98 Å². The van der Waals surface area contributed by atoms with Gasteiger partial charge in [0.25, 0.3) is 0 Å². The largest absolute Gasteiger partial charge is 0.573 e. The third-order valence-electron chi connectivity index (χ3n) is 5.13. The number of carbonyl (C=O) groups excluding carboxylic acids is 1. The lowest BCUT2D eigenvalue weighted by Crippen LogP contribution is -2.30. The van der Waals surface area contributed by atoms with Crippen LogP contribution in [0.3, 0.4) is 0 Å². The van der Waals surface area contributed by atoms with E-state index in [2.05, 4.69) is 29.7 Å². The standard InChI is InChI=1S/C26H18F6N6O3S/c27-25(28,29)40-19-11-9-18(10-12-19)34-15-35-23(33)17-7-5-16(6-8-17)13-36-37-24-38(22(39)14-42-24)20-3-1-2-4-21(20)41-26(30,31)32/h1-13,15H,14H2,(H2,33,34,35)/b36-13+,37-24-. The third-order valence-corrected chi connectivity index (χ3v) is 6.04. The second kappa shape index (κ2) is 12.8. The zero-order valence-electron chi connectivity index (χ0n) is 21.0.